The Balaban J connectivity index is 1.22. The normalized spacial score (nSPS) is 11.1. The molecule has 0 bridgehead atoms. The van der Waals surface area contributed by atoms with E-state index in [0.717, 1.165) is 34.7 Å². The van der Waals surface area contributed by atoms with Gasteiger partial charge in [-0.1, -0.05) is 35.7 Å². The molecule has 1 amide bonds. The highest BCUT2D eigenvalue weighted by Crippen LogP contribution is 2.36. The van der Waals surface area contributed by atoms with E-state index in [-0.39, 0.29) is 17.3 Å². The second kappa shape index (κ2) is 10.8. The third kappa shape index (κ3) is 5.62. The first-order valence-electron chi connectivity index (χ1n) is 10.6. The molecule has 0 fully saturated rings. The fourth-order valence-electron chi connectivity index (χ4n) is 3.41. The molecule has 12 heteroatoms. The van der Waals surface area contributed by atoms with Crippen molar-refractivity contribution in [2.45, 2.75) is 14.4 Å². The van der Waals surface area contributed by atoms with Gasteiger partial charge in [-0.3, -0.25) is 14.9 Å². The van der Waals surface area contributed by atoms with Crippen LogP contribution in [0.15, 0.2) is 69.3 Å². The van der Waals surface area contributed by atoms with Crippen molar-refractivity contribution in [1.29, 1.82) is 0 Å². The Kier molecular flexibility index (Phi) is 7.37. The summed E-state index contributed by atoms with van der Waals surface area (Å²) in [5.41, 5.74) is 3.24. The molecule has 0 radical (unpaired) electrons. The lowest BCUT2D eigenvalue weighted by Gasteiger charge is -2.06. The summed E-state index contributed by atoms with van der Waals surface area (Å²) in [6.45, 7) is 0. The van der Waals surface area contributed by atoms with Gasteiger partial charge in [0.2, 0.25) is 5.91 Å². The summed E-state index contributed by atoms with van der Waals surface area (Å²) in [5.74, 6) is 1.25. The van der Waals surface area contributed by atoms with Gasteiger partial charge in [-0.15, -0.1) is 22.7 Å². The van der Waals surface area contributed by atoms with Gasteiger partial charge in [0.15, 0.2) is 8.68 Å². The lowest BCUT2D eigenvalue weighted by atomic mass is 10.2. The molecular formula is C24H18N4O4S4. The van der Waals surface area contributed by atoms with Crippen LogP contribution < -0.4 is 10.1 Å². The SMILES string of the molecule is COc1ccc([N+](=O)[O-])cc1CSc1nc2ccc(NC(=O)CSc3nc4ccccc4s3)cc2s1. The number of nitrogens with one attached hydrogen (secondary N) is 1. The quantitative estimate of drug-likeness (QED) is 0.120. The molecule has 36 heavy (non-hydrogen) atoms. The molecule has 182 valence electrons. The number of rotatable bonds is 9. The number of benzene rings is 3. The summed E-state index contributed by atoms with van der Waals surface area (Å²) in [4.78, 5) is 32.4. The van der Waals surface area contributed by atoms with Gasteiger partial charge in [-0.05, 0) is 36.4 Å². The van der Waals surface area contributed by atoms with Crippen molar-refractivity contribution in [2.24, 2.45) is 0 Å². The Morgan fingerprint density at radius 3 is 2.53 bits per heavy atom. The molecule has 5 rings (SSSR count). The number of aromatic nitrogens is 2. The second-order valence-electron chi connectivity index (χ2n) is 7.49. The maximum absolute atomic E-state index is 12.5. The Morgan fingerprint density at radius 2 is 1.75 bits per heavy atom. The molecule has 3 aromatic carbocycles. The van der Waals surface area contributed by atoms with E-state index in [2.05, 4.69) is 15.3 Å². The van der Waals surface area contributed by atoms with Crippen LogP contribution in [0.25, 0.3) is 20.4 Å². The van der Waals surface area contributed by atoms with Gasteiger partial charge in [0, 0.05) is 29.1 Å². The number of ether oxygens (including phenoxy) is 1. The number of anilines is 1. The molecule has 2 heterocycles. The summed E-state index contributed by atoms with van der Waals surface area (Å²) < 4.78 is 9.09. The first-order valence-corrected chi connectivity index (χ1v) is 14.2. The number of carbonyl (C=O) groups is 1. The number of nitrogens with zero attached hydrogens (tertiary/aromatic N) is 3. The zero-order chi connectivity index (χ0) is 25.1. The molecule has 0 unspecified atom stereocenters. The van der Waals surface area contributed by atoms with Crippen LogP contribution in [-0.2, 0) is 10.5 Å². The van der Waals surface area contributed by atoms with Crippen LogP contribution in [0.3, 0.4) is 0 Å². The number of nitro groups is 1. The minimum atomic E-state index is -0.418. The number of fused-ring (bicyclic) bond motifs is 2. The molecule has 0 saturated carbocycles. The average molecular weight is 555 g/mol. The van der Waals surface area contributed by atoms with E-state index >= 15 is 0 Å². The number of hydrogen-bond acceptors (Lipinski definition) is 10. The fourth-order valence-corrected chi connectivity index (χ4v) is 7.36. The minimum absolute atomic E-state index is 0.0254. The van der Waals surface area contributed by atoms with Gasteiger partial charge in [0.05, 0.1) is 38.2 Å². The molecule has 0 aliphatic carbocycles. The smallest absolute Gasteiger partial charge is 0.270 e. The van der Waals surface area contributed by atoms with Crippen LogP contribution in [0.1, 0.15) is 5.56 Å². The predicted octanol–water partition coefficient (Wildman–Crippen LogP) is 6.85. The van der Waals surface area contributed by atoms with Crippen LogP contribution in [0.2, 0.25) is 0 Å². The highest BCUT2D eigenvalue weighted by atomic mass is 32.2. The van der Waals surface area contributed by atoms with Crippen molar-refractivity contribution in [3.8, 4) is 5.75 Å². The monoisotopic (exact) mass is 554 g/mol. The second-order valence-corrected chi connectivity index (χ2v) is 12.0. The Labute approximate surface area is 222 Å². The molecule has 0 spiro atoms. The predicted molar refractivity (Wildman–Crippen MR) is 148 cm³/mol. The molecule has 1 N–H and O–H groups in total. The largest absolute Gasteiger partial charge is 0.496 e. The van der Waals surface area contributed by atoms with E-state index in [9.17, 15) is 14.9 Å². The Hall–Kier alpha value is -3.19. The third-order valence-corrected chi connectivity index (χ3v) is 9.47. The van der Waals surface area contributed by atoms with Crippen molar-refractivity contribution >= 4 is 83.9 Å². The molecule has 5 aromatic rings. The van der Waals surface area contributed by atoms with E-state index in [4.69, 9.17) is 4.74 Å². The molecule has 8 nitrogen and oxygen atoms in total. The maximum Gasteiger partial charge on any atom is 0.270 e. The van der Waals surface area contributed by atoms with Crippen LogP contribution in [0.5, 0.6) is 5.75 Å². The van der Waals surface area contributed by atoms with Crippen LogP contribution >= 0.6 is 46.2 Å². The zero-order valence-corrected chi connectivity index (χ0v) is 22.1. The highest BCUT2D eigenvalue weighted by Gasteiger charge is 2.14. The van der Waals surface area contributed by atoms with Crippen LogP contribution in [-0.4, -0.2) is 33.7 Å². The van der Waals surface area contributed by atoms with Crippen molar-refractivity contribution in [1.82, 2.24) is 9.97 Å². The fraction of sp³-hybridized carbons (Fsp3) is 0.125. The molecule has 0 atom stereocenters. The number of para-hydroxylation sites is 1. The Morgan fingerprint density at radius 1 is 1.00 bits per heavy atom. The summed E-state index contributed by atoms with van der Waals surface area (Å²) in [5, 5.41) is 14.1. The van der Waals surface area contributed by atoms with Gasteiger partial charge < -0.3 is 10.1 Å². The van der Waals surface area contributed by atoms with Crippen LogP contribution in [0, 0.1) is 10.1 Å². The van der Waals surface area contributed by atoms with E-state index < -0.39 is 4.92 Å². The number of thioether (sulfide) groups is 2. The summed E-state index contributed by atoms with van der Waals surface area (Å²) >= 11 is 5.99. The lowest BCUT2D eigenvalue weighted by Crippen LogP contribution is -2.13. The number of methoxy groups -OCH3 is 1. The van der Waals surface area contributed by atoms with E-state index in [0.29, 0.717) is 17.2 Å². The summed E-state index contributed by atoms with van der Waals surface area (Å²) in [6, 6.07) is 18.1. The first kappa shape index (κ1) is 24.5. The highest BCUT2D eigenvalue weighted by molar-refractivity contribution is 8.01. The van der Waals surface area contributed by atoms with E-state index in [1.165, 1.54) is 47.0 Å². The number of thiazole rings is 2. The molecule has 0 aliphatic heterocycles. The summed E-state index contributed by atoms with van der Waals surface area (Å²) in [6.07, 6.45) is 0. The van der Waals surface area contributed by atoms with Crippen molar-refractivity contribution < 1.29 is 14.5 Å². The van der Waals surface area contributed by atoms with Gasteiger partial charge in [-0.25, -0.2) is 9.97 Å². The third-order valence-electron chi connectivity index (χ3n) is 5.08. The van der Waals surface area contributed by atoms with Crippen molar-refractivity contribution in [3.63, 3.8) is 0 Å². The van der Waals surface area contributed by atoms with Crippen LogP contribution in [0.4, 0.5) is 11.4 Å². The van der Waals surface area contributed by atoms with Gasteiger partial charge >= 0.3 is 0 Å². The minimum Gasteiger partial charge on any atom is -0.496 e. The average Bonchev–Trinajstić information content (AvgIpc) is 3.49. The molecular weight excluding hydrogens is 537 g/mol. The van der Waals surface area contributed by atoms with E-state index in [1.54, 1.807) is 24.5 Å². The lowest BCUT2D eigenvalue weighted by molar-refractivity contribution is -0.384. The number of amides is 1. The number of non-ortho nitro benzene ring substituents is 1. The Bertz CT molecular complexity index is 1550. The zero-order valence-electron chi connectivity index (χ0n) is 18.8. The number of nitro benzene ring substituents is 1. The molecule has 2 aromatic heterocycles. The van der Waals surface area contributed by atoms with Crippen molar-refractivity contribution in [2.75, 3.05) is 18.2 Å². The van der Waals surface area contributed by atoms with Crippen molar-refractivity contribution in [3.05, 3.63) is 76.3 Å². The standard InChI is InChI=1S/C24H18N4O4S4/c1-32-19-9-7-16(28(30)31)10-14(19)12-33-23-27-18-8-6-15(11-21(18)36-23)25-22(29)13-34-24-26-17-4-2-3-5-20(17)35-24/h2-11H,12-13H2,1H3,(H,25,29). The first-order chi connectivity index (χ1) is 17.5. The van der Waals surface area contributed by atoms with E-state index in [1.807, 2.05) is 42.5 Å². The summed E-state index contributed by atoms with van der Waals surface area (Å²) in [7, 11) is 1.54. The molecule has 0 saturated heterocycles. The van der Waals surface area contributed by atoms with Gasteiger partial charge in [0.25, 0.3) is 5.69 Å². The number of carbonyl (C=O) groups excluding carboxylic acids is 1. The topological polar surface area (TPSA) is 107 Å². The van der Waals surface area contributed by atoms with Gasteiger partial charge in [0.1, 0.15) is 5.75 Å². The molecule has 0 aliphatic rings. The van der Waals surface area contributed by atoms with Gasteiger partial charge in [-0.2, -0.15) is 0 Å². The maximum atomic E-state index is 12.5. The number of hydrogen-bond donors (Lipinski definition) is 1.